The summed E-state index contributed by atoms with van der Waals surface area (Å²) in [5, 5.41) is 6.91. The van der Waals surface area contributed by atoms with Crippen LogP contribution in [0.1, 0.15) is 38.9 Å². The van der Waals surface area contributed by atoms with E-state index in [9.17, 15) is 4.79 Å². The summed E-state index contributed by atoms with van der Waals surface area (Å²) in [7, 11) is 0. The Morgan fingerprint density at radius 3 is 2.79 bits per heavy atom. The van der Waals surface area contributed by atoms with Crippen LogP contribution in [0.4, 0.5) is 5.69 Å². The van der Waals surface area contributed by atoms with Crippen LogP contribution in [0.15, 0.2) is 46.3 Å². The average molecular weight is 345 g/mol. The van der Waals surface area contributed by atoms with E-state index in [0.29, 0.717) is 24.6 Å². The number of aromatic nitrogens is 2. The van der Waals surface area contributed by atoms with E-state index >= 15 is 0 Å². The van der Waals surface area contributed by atoms with Gasteiger partial charge in [-0.05, 0) is 12.1 Å². The molecular formula is C18H23N3O2S. The number of hydrogen-bond donors (Lipinski definition) is 1. The van der Waals surface area contributed by atoms with Crippen LogP contribution in [0.3, 0.4) is 0 Å². The van der Waals surface area contributed by atoms with Crippen molar-refractivity contribution in [3.63, 3.8) is 0 Å². The minimum absolute atomic E-state index is 0.0721. The van der Waals surface area contributed by atoms with Crippen LogP contribution < -0.4 is 5.32 Å². The second-order valence-electron chi connectivity index (χ2n) is 6.41. The second kappa shape index (κ2) is 8.15. The second-order valence-corrected chi connectivity index (χ2v) is 7.47. The molecule has 1 N–H and O–H groups in total. The van der Waals surface area contributed by atoms with Gasteiger partial charge in [-0.15, -0.1) is 18.3 Å². The third-order valence-electron chi connectivity index (χ3n) is 3.22. The Morgan fingerprint density at radius 2 is 2.12 bits per heavy atom. The van der Waals surface area contributed by atoms with Gasteiger partial charge in [0.15, 0.2) is 5.82 Å². The van der Waals surface area contributed by atoms with Gasteiger partial charge < -0.3 is 9.84 Å². The van der Waals surface area contributed by atoms with Gasteiger partial charge in [0, 0.05) is 28.9 Å². The molecule has 0 bridgehead atoms. The number of carbonyl (C=O) groups is 1. The van der Waals surface area contributed by atoms with Crippen molar-refractivity contribution in [3.05, 3.63) is 48.6 Å². The number of nitrogens with one attached hydrogen (secondary N) is 1. The lowest BCUT2D eigenvalue weighted by Gasteiger charge is -2.11. The predicted molar refractivity (Wildman–Crippen MR) is 97.3 cm³/mol. The van der Waals surface area contributed by atoms with Crippen LogP contribution in [-0.4, -0.2) is 21.8 Å². The third-order valence-corrected chi connectivity index (χ3v) is 4.29. The highest BCUT2D eigenvalue weighted by Gasteiger charge is 2.21. The van der Waals surface area contributed by atoms with Crippen molar-refractivity contribution in [2.24, 2.45) is 0 Å². The van der Waals surface area contributed by atoms with Crippen LogP contribution in [-0.2, 0) is 16.6 Å². The van der Waals surface area contributed by atoms with E-state index in [1.165, 1.54) is 0 Å². The number of anilines is 1. The molecule has 0 aliphatic rings. The molecular weight excluding hydrogens is 322 g/mol. The van der Waals surface area contributed by atoms with E-state index in [2.05, 4.69) is 22.0 Å². The number of hydrogen-bond acceptors (Lipinski definition) is 5. The Labute approximate surface area is 146 Å². The molecule has 0 radical (unpaired) electrons. The molecule has 0 aliphatic heterocycles. The molecule has 2 aromatic rings. The van der Waals surface area contributed by atoms with E-state index in [-0.39, 0.29) is 11.3 Å². The molecule has 24 heavy (non-hydrogen) atoms. The third kappa shape index (κ3) is 5.23. The molecule has 1 amide bonds. The summed E-state index contributed by atoms with van der Waals surface area (Å²) in [4.78, 5) is 17.6. The predicted octanol–water partition coefficient (Wildman–Crippen LogP) is 4.22. The van der Waals surface area contributed by atoms with Gasteiger partial charge in [-0.2, -0.15) is 4.98 Å². The van der Waals surface area contributed by atoms with Crippen molar-refractivity contribution in [1.29, 1.82) is 0 Å². The van der Waals surface area contributed by atoms with Gasteiger partial charge in [0.25, 0.3) is 0 Å². The summed E-state index contributed by atoms with van der Waals surface area (Å²) < 4.78 is 5.21. The van der Waals surface area contributed by atoms with Gasteiger partial charge >= 0.3 is 0 Å². The fourth-order valence-corrected chi connectivity index (χ4v) is 2.69. The lowest BCUT2D eigenvalue weighted by molar-refractivity contribution is -0.116. The highest BCUT2D eigenvalue weighted by Crippen LogP contribution is 2.27. The van der Waals surface area contributed by atoms with Gasteiger partial charge in [-0.25, -0.2) is 0 Å². The zero-order valence-corrected chi connectivity index (χ0v) is 15.2. The standard InChI is InChI=1S/C18H23N3O2S/c1-5-12-24-14-9-7-6-8-13(14)19-15(22)10-11-16-20-17(21-23-16)18(2,3)4/h5-9H,1,10-12H2,2-4H3,(H,19,22). The molecule has 1 heterocycles. The molecule has 0 spiro atoms. The first kappa shape index (κ1) is 18.3. The molecule has 0 atom stereocenters. The Balaban J connectivity index is 1.92. The van der Waals surface area contributed by atoms with Gasteiger partial charge in [0.05, 0.1) is 5.69 Å². The summed E-state index contributed by atoms with van der Waals surface area (Å²) in [6, 6.07) is 7.74. The van der Waals surface area contributed by atoms with Gasteiger partial charge in [-0.3, -0.25) is 4.79 Å². The number of aryl methyl sites for hydroxylation is 1. The van der Waals surface area contributed by atoms with Crippen molar-refractivity contribution in [2.75, 3.05) is 11.1 Å². The molecule has 1 aromatic heterocycles. The Bertz CT molecular complexity index is 704. The van der Waals surface area contributed by atoms with E-state index in [0.717, 1.165) is 16.3 Å². The Hall–Kier alpha value is -2.08. The topological polar surface area (TPSA) is 68.0 Å². The zero-order chi connectivity index (χ0) is 17.6. The highest BCUT2D eigenvalue weighted by molar-refractivity contribution is 7.99. The molecule has 2 rings (SSSR count). The number of nitrogens with zero attached hydrogens (tertiary/aromatic N) is 2. The molecule has 0 saturated carbocycles. The van der Waals surface area contributed by atoms with Crippen molar-refractivity contribution in [1.82, 2.24) is 10.1 Å². The quantitative estimate of drug-likeness (QED) is 0.601. The number of para-hydroxylation sites is 1. The van der Waals surface area contributed by atoms with E-state index < -0.39 is 0 Å². The number of benzene rings is 1. The lowest BCUT2D eigenvalue weighted by atomic mass is 9.96. The lowest BCUT2D eigenvalue weighted by Crippen LogP contribution is -2.14. The molecule has 6 heteroatoms. The molecule has 1 aromatic carbocycles. The number of amides is 1. The zero-order valence-electron chi connectivity index (χ0n) is 14.3. The van der Waals surface area contributed by atoms with Crippen molar-refractivity contribution in [2.45, 2.75) is 43.9 Å². The molecule has 0 saturated heterocycles. The fraction of sp³-hybridized carbons (Fsp3) is 0.389. The monoisotopic (exact) mass is 345 g/mol. The van der Waals surface area contributed by atoms with Crippen LogP contribution in [0.2, 0.25) is 0 Å². The van der Waals surface area contributed by atoms with Crippen molar-refractivity contribution in [3.8, 4) is 0 Å². The molecule has 0 fully saturated rings. The average Bonchev–Trinajstić information content (AvgIpc) is 3.01. The first-order valence-corrected chi connectivity index (χ1v) is 8.84. The molecule has 128 valence electrons. The number of thioether (sulfide) groups is 1. The maximum Gasteiger partial charge on any atom is 0.227 e. The number of rotatable bonds is 7. The SMILES string of the molecule is C=CCSc1ccccc1NC(=O)CCc1nc(C(C)(C)C)no1. The summed E-state index contributed by atoms with van der Waals surface area (Å²) in [5.41, 5.74) is 0.654. The van der Waals surface area contributed by atoms with E-state index in [4.69, 9.17) is 4.52 Å². The fourth-order valence-electron chi connectivity index (χ4n) is 1.94. The van der Waals surface area contributed by atoms with Crippen LogP contribution in [0.25, 0.3) is 0 Å². The van der Waals surface area contributed by atoms with Crippen LogP contribution in [0, 0.1) is 0 Å². The normalized spacial score (nSPS) is 11.3. The van der Waals surface area contributed by atoms with Crippen molar-refractivity contribution >= 4 is 23.4 Å². The highest BCUT2D eigenvalue weighted by atomic mass is 32.2. The van der Waals surface area contributed by atoms with Gasteiger partial charge in [0.1, 0.15) is 0 Å². The molecule has 5 nitrogen and oxygen atoms in total. The Morgan fingerprint density at radius 1 is 1.38 bits per heavy atom. The van der Waals surface area contributed by atoms with Crippen molar-refractivity contribution < 1.29 is 9.32 Å². The Kier molecular flexibility index (Phi) is 6.20. The van der Waals surface area contributed by atoms with Crippen LogP contribution >= 0.6 is 11.8 Å². The first-order valence-electron chi connectivity index (χ1n) is 7.86. The maximum absolute atomic E-state index is 12.2. The van der Waals surface area contributed by atoms with Gasteiger partial charge in [-0.1, -0.05) is 44.1 Å². The number of carbonyl (C=O) groups excluding carboxylic acids is 1. The minimum atomic E-state index is -0.161. The largest absolute Gasteiger partial charge is 0.339 e. The van der Waals surface area contributed by atoms with Gasteiger partial charge in [0.2, 0.25) is 11.8 Å². The summed E-state index contributed by atoms with van der Waals surface area (Å²) in [6.07, 6.45) is 2.56. The summed E-state index contributed by atoms with van der Waals surface area (Å²) in [6.45, 7) is 9.78. The van der Waals surface area contributed by atoms with E-state index in [1.807, 2.05) is 51.1 Å². The minimum Gasteiger partial charge on any atom is -0.339 e. The van der Waals surface area contributed by atoms with Crippen LogP contribution in [0.5, 0.6) is 0 Å². The molecule has 0 aliphatic carbocycles. The smallest absolute Gasteiger partial charge is 0.227 e. The first-order chi connectivity index (χ1) is 11.4. The summed E-state index contributed by atoms with van der Waals surface area (Å²) in [5.74, 6) is 1.87. The summed E-state index contributed by atoms with van der Waals surface area (Å²) >= 11 is 1.64. The maximum atomic E-state index is 12.2. The molecule has 0 unspecified atom stereocenters. The van der Waals surface area contributed by atoms with E-state index in [1.54, 1.807) is 11.8 Å².